The lowest BCUT2D eigenvalue weighted by Gasteiger charge is -2.40. The number of piperidine rings is 1. The Kier molecular flexibility index (Phi) is 11.5. The highest BCUT2D eigenvalue weighted by Crippen LogP contribution is 2.46. The number of halogens is 2. The number of aliphatic carboxylic acids is 1. The molecule has 1 heterocycles. The number of carboxylic acid groups (broad SMARTS) is 1. The van der Waals surface area contributed by atoms with Gasteiger partial charge in [-0.05, 0) is 105 Å². The van der Waals surface area contributed by atoms with E-state index < -0.39 is 35.8 Å². The molecule has 2 aromatic carbocycles. The number of likely N-dealkylation sites (tertiary alicyclic amines) is 1. The molecule has 10 nitrogen and oxygen atoms in total. The second kappa shape index (κ2) is 15.5. The molecule has 5 rings (SSSR count). The van der Waals surface area contributed by atoms with Crippen LogP contribution < -0.4 is 16.0 Å². The number of benzene rings is 2. The predicted molar refractivity (Wildman–Crippen MR) is 180 cm³/mol. The zero-order chi connectivity index (χ0) is 33.6. The second-order valence-corrected chi connectivity index (χ2v) is 14.0. The quantitative estimate of drug-likeness (QED) is 0.231. The van der Waals surface area contributed by atoms with Gasteiger partial charge in [0.05, 0.1) is 0 Å². The van der Waals surface area contributed by atoms with Crippen molar-refractivity contribution in [2.45, 2.75) is 95.6 Å². The smallest absolute Gasteiger partial charge is 0.303 e. The first-order valence-corrected chi connectivity index (χ1v) is 17.3. The second-order valence-electron chi connectivity index (χ2n) is 13.1. The zero-order valence-corrected chi connectivity index (χ0v) is 27.9. The fourth-order valence-corrected chi connectivity index (χ4v) is 7.71. The highest BCUT2D eigenvalue weighted by molar-refractivity contribution is 6.35. The van der Waals surface area contributed by atoms with Gasteiger partial charge in [-0.1, -0.05) is 42.1 Å². The average molecular weight is 686 g/mol. The number of amides is 4. The topological polar surface area (TPSA) is 145 Å². The summed E-state index contributed by atoms with van der Waals surface area (Å²) in [5, 5.41) is 18.1. The van der Waals surface area contributed by atoms with Crippen molar-refractivity contribution in [1.82, 2.24) is 15.5 Å². The monoisotopic (exact) mass is 684 g/mol. The molecule has 0 unspecified atom stereocenters. The van der Waals surface area contributed by atoms with Crippen LogP contribution in [0.25, 0.3) is 0 Å². The van der Waals surface area contributed by atoms with Gasteiger partial charge in [-0.15, -0.1) is 0 Å². The summed E-state index contributed by atoms with van der Waals surface area (Å²) in [6.45, 7) is 1.17. The molecule has 2 atom stereocenters. The third kappa shape index (κ3) is 9.26. The molecule has 4 N–H and O–H groups in total. The number of rotatable bonds is 12. The minimum Gasteiger partial charge on any atom is -0.481 e. The number of fused-ring (bicyclic) bond motifs is 1. The van der Waals surface area contributed by atoms with Gasteiger partial charge in [-0.2, -0.15) is 0 Å². The number of hydrogen-bond acceptors (Lipinski definition) is 5. The molecule has 12 heteroatoms. The van der Waals surface area contributed by atoms with E-state index in [0.29, 0.717) is 18.8 Å². The van der Waals surface area contributed by atoms with E-state index in [-0.39, 0.29) is 52.6 Å². The summed E-state index contributed by atoms with van der Waals surface area (Å²) < 4.78 is 0. The Morgan fingerprint density at radius 3 is 2.13 bits per heavy atom. The third-order valence-corrected chi connectivity index (χ3v) is 10.3. The molecule has 0 bridgehead atoms. The van der Waals surface area contributed by atoms with E-state index in [1.165, 1.54) is 55.0 Å². The Hall–Kier alpha value is -3.63. The predicted octanol–water partition coefficient (Wildman–Crippen LogP) is 5.53. The Morgan fingerprint density at radius 2 is 1.45 bits per heavy atom. The minimum atomic E-state index is -1.10. The largest absolute Gasteiger partial charge is 0.481 e. The van der Waals surface area contributed by atoms with Crippen molar-refractivity contribution >= 4 is 58.5 Å². The number of hydrogen-bond donors (Lipinski definition) is 4. The van der Waals surface area contributed by atoms with Crippen LogP contribution in [0.4, 0.5) is 5.69 Å². The van der Waals surface area contributed by atoms with Gasteiger partial charge in [0, 0.05) is 47.2 Å². The molecule has 1 saturated carbocycles. The first-order chi connectivity index (χ1) is 22.5. The van der Waals surface area contributed by atoms with Crippen molar-refractivity contribution in [2.75, 3.05) is 18.4 Å². The molecule has 2 fully saturated rings. The standard InChI is InChI=1S/C35H42Cl2N4O6/c36-25-18-24(19-26(37)21-25)32(45)40-29(34(47)41-16-14-35(15-17-41)12-1-2-13-35)8-10-30(42)39-28(9-11-31(43)44)33(46)38-27-7-6-22-4-3-5-23(22)20-27/h6-7,18-21,28-29H,1-5,8-17H2,(H,38,46)(H,39,42)(H,40,45)(H,43,44)/t28-,29+/m0/s1. The van der Waals surface area contributed by atoms with Crippen LogP contribution in [0.1, 0.15) is 92.1 Å². The van der Waals surface area contributed by atoms with Crippen LogP contribution in [-0.2, 0) is 32.0 Å². The third-order valence-electron chi connectivity index (χ3n) is 9.85. The number of carboxylic acids is 1. The van der Waals surface area contributed by atoms with Gasteiger partial charge in [0.2, 0.25) is 17.7 Å². The Balaban J connectivity index is 1.25. The van der Waals surface area contributed by atoms with Crippen molar-refractivity contribution in [3.63, 3.8) is 0 Å². The van der Waals surface area contributed by atoms with Crippen molar-refractivity contribution in [1.29, 1.82) is 0 Å². The van der Waals surface area contributed by atoms with Crippen LogP contribution in [0.3, 0.4) is 0 Å². The fourth-order valence-electron chi connectivity index (χ4n) is 7.19. The summed E-state index contributed by atoms with van der Waals surface area (Å²) in [4.78, 5) is 66.6. The van der Waals surface area contributed by atoms with Gasteiger partial charge in [0.25, 0.3) is 5.91 Å². The van der Waals surface area contributed by atoms with Crippen LogP contribution in [0.2, 0.25) is 10.0 Å². The summed E-state index contributed by atoms with van der Waals surface area (Å²) in [5.41, 5.74) is 3.47. The summed E-state index contributed by atoms with van der Waals surface area (Å²) in [7, 11) is 0. The molecule has 252 valence electrons. The molecule has 4 amide bonds. The first-order valence-electron chi connectivity index (χ1n) is 16.5. The maximum absolute atomic E-state index is 13.8. The molecule has 1 spiro atoms. The van der Waals surface area contributed by atoms with E-state index in [1.54, 1.807) is 11.0 Å². The van der Waals surface area contributed by atoms with Crippen molar-refractivity contribution in [2.24, 2.45) is 5.41 Å². The summed E-state index contributed by atoms with van der Waals surface area (Å²) >= 11 is 12.2. The Bertz CT molecular complexity index is 1500. The van der Waals surface area contributed by atoms with Crippen molar-refractivity contribution in [3.8, 4) is 0 Å². The van der Waals surface area contributed by atoms with Crippen LogP contribution in [-0.4, -0.2) is 64.8 Å². The molecule has 1 saturated heterocycles. The first kappa shape index (κ1) is 34.7. The van der Waals surface area contributed by atoms with E-state index in [2.05, 4.69) is 16.0 Å². The molecule has 3 aliphatic rings. The van der Waals surface area contributed by atoms with Crippen molar-refractivity contribution < 1.29 is 29.1 Å². The number of nitrogens with one attached hydrogen (secondary N) is 3. The Labute approximate surface area is 284 Å². The number of aryl methyl sites for hydroxylation is 2. The van der Waals surface area contributed by atoms with Crippen LogP contribution in [0, 0.1) is 5.41 Å². The molecule has 2 aromatic rings. The number of carbonyl (C=O) groups excluding carboxylic acids is 4. The average Bonchev–Trinajstić information content (AvgIpc) is 3.70. The summed E-state index contributed by atoms with van der Waals surface area (Å²) in [6, 6.07) is 7.98. The Morgan fingerprint density at radius 1 is 0.787 bits per heavy atom. The van der Waals surface area contributed by atoms with E-state index in [0.717, 1.165) is 32.1 Å². The van der Waals surface area contributed by atoms with Crippen LogP contribution in [0.15, 0.2) is 36.4 Å². The van der Waals surface area contributed by atoms with Crippen molar-refractivity contribution in [3.05, 3.63) is 63.1 Å². The number of carbonyl (C=O) groups is 5. The van der Waals surface area contributed by atoms with E-state index in [1.807, 2.05) is 12.1 Å². The summed E-state index contributed by atoms with van der Waals surface area (Å²) in [5.74, 6) is -2.98. The highest BCUT2D eigenvalue weighted by Gasteiger charge is 2.39. The maximum atomic E-state index is 13.8. The highest BCUT2D eigenvalue weighted by atomic mass is 35.5. The molecule has 47 heavy (non-hydrogen) atoms. The fraction of sp³-hybridized carbons (Fsp3) is 0.514. The molecule has 0 aromatic heterocycles. The van der Waals surface area contributed by atoms with Gasteiger partial charge in [-0.25, -0.2) is 0 Å². The van der Waals surface area contributed by atoms with Gasteiger partial charge < -0.3 is 26.0 Å². The lowest BCUT2D eigenvalue weighted by molar-refractivity contribution is -0.138. The molecular weight excluding hydrogens is 643 g/mol. The molecule has 1 aliphatic heterocycles. The van der Waals surface area contributed by atoms with Gasteiger partial charge in [0.15, 0.2) is 0 Å². The molecular formula is C35H42Cl2N4O6. The lowest BCUT2D eigenvalue weighted by atomic mass is 9.77. The van der Waals surface area contributed by atoms with Gasteiger partial charge in [0.1, 0.15) is 12.1 Å². The van der Waals surface area contributed by atoms with E-state index in [9.17, 15) is 29.1 Å². The summed E-state index contributed by atoms with van der Waals surface area (Å²) in [6.07, 6.45) is 8.94. The normalized spacial score (nSPS) is 17.9. The van der Waals surface area contributed by atoms with E-state index in [4.69, 9.17) is 23.2 Å². The zero-order valence-electron chi connectivity index (χ0n) is 26.4. The molecule has 2 aliphatic carbocycles. The number of nitrogens with zero attached hydrogens (tertiary/aromatic N) is 1. The number of anilines is 1. The van der Waals surface area contributed by atoms with E-state index >= 15 is 0 Å². The van der Waals surface area contributed by atoms with Crippen LogP contribution in [0.5, 0.6) is 0 Å². The SMILES string of the molecule is O=C(O)CC[C@H](NC(=O)CC[C@@H](NC(=O)c1cc(Cl)cc(Cl)c1)C(=O)N1CCC2(CCCC2)CC1)C(=O)Nc1ccc2c(c1)CCC2. The molecule has 0 radical (unpaired) electrons. The van der Waals surface area contributed by atoms with Crippen LogP contribution >= 0.6 is 23.2 Å². The lowest BCUT2D eigenvalue weighted by Crippen LogP contribution is -2.52. The maximum Gasteiger partial charge on any atom is 0.303 e. The van der Waals surface area contributed by atoms with Gasteiger partial charge in [-0.3, -0.25) is 24.0 Å². The minimum absolute atomic E-state index is 0.0234. The van der Waals surface area contributed by atoms with Gasteiger partial charge >= 0.3 is 5.97 Å².